The summed E-state index contributed by atoms with van der Waals surface area (Å²) in [6, 6.07) is 3.72. The molecule has 1 aromatic rings. The fourth-order valence-corrected chi connectivity index (χ4v) is 2.74. The number of halogens is 6. The van der Waals surface area contributed by atoms with E-state index in [0.717, 1.165) is 11.6 Å². The van der Waals surface area contributed by atoms with Crippen molar-refractivity contribution in [2.75, 3.05) is 19.6 Å². The van der Waals surface area contributed by atoms with E-state index in [1.807, 2.05) is 10.2 Å². The normalized spacial score (nSPS) is 15.8. The van der Waals surface area contributed by atoms with Gasteiger partial charge < -0.3 is 5.32 Å². The Kier molecular flexibility index (Phi) is 5.97. The number of fused-ring (bicyclic) bond motifs is 1. The first-order valence-electron chi connectivity index (χ1n) is 7.84. The fourth-order valence-electron chi connectivity index (χ4n) is 2.74. The zero-order chi connectivity index (χ0) is 18.7. The molecule has 0 saturated heterocycles. The highest BCUT2D eigenvalue weighted by atomic mass is 19.4. The topological polar surface area (TPSA) is 32.3 Å². The minimum Gasteiger partial charge on any atom is -0.348 e. The number of nitrogens with one attached hydrogen (secondary N) is 1. The molecular weight excluding hydrogens is 350 g/mol. The molecule has 1 aliphatic heterocycles. The van der Waals surface area contributed by atoms with Gasteiger partial charge in [-0.05, 0) is 49.1 Å². The number of rotatable bonds is 5. The van der Waals surface area contributed by atoms with Crippen LogP contribution in [0.1, 0.15) is 29.5 Å². The van der Waals surface area contributed by atoms with Crippen LogP contribution in [0, 0.1) is 0 Å². The van der Waals surface area contributed by atoms with Gasteiger partial charge in [0.15, 0.2) is 0 Å². The molecule has 0 fully saturated rings. The van der Waals surface area contributed by atoms with Crippen molar-refractivity contribution in [3.63, 3.8) is 0 Å². The lowest BCUT2D eigenvalue weighted by Gasteiger charge is -2.29. The maximum Gasteiger partial charge on any atom is 0.471 e. The maximum absolute atomic E-state index is 12.7. The van der Waals surface area contributed by atoms with Crippen molar-refractivity contribution in [2.45, 2.75) is 38.2 Å². The average molecular weight is 368 g/mol. The first-order chi connectivity index (χ1) is 11.6. The molecule has 0 spiro atoms. The van der Waals surface area contributed by atoms with Crippen LogP contribution in [0.15, 0.2) is 18.2 Å². The van der Waals surface area contributed by atoms with Crippen molar-refractivity contribution >= 4 is 5.91 Å². The summed E-state index contributed by atoms with van der Waals surface area (Å²) in [7, 11) is 0. The molecule has 9 heteroatoms. The summed E-state index contributed by atoms with van der Waals surface area (Å²) in [4.78, 5) is 12.7. The lowest BCUT2D eigenvalue weighted by molar-refractivity contribution is -0.173. The van der Waals surface area contributed by atoms with E-state index in [4.69, 9.17) is 0 Å². The van der Waals surface area contributed by atoms with Crippen molar-refractivity contribution in [3.05, 3.63) is 34.9 Å². The van der Waals surface area contributed by atoms with E-state index in [1.54, 1.807) is 0 Å². The molecule has 0 aromatic heterocycles. The smallest absolute Gasteiger partial charge is 0.348 e. The SMILES string of the molecule is O=C(NCCCCN1CCc2cc(C(F)(F)F)ccc2C1)C(F)(F)F. The van der Waals surface area contributed by atoms with Crippen molar-refractivity contribution in [1.29, 1.82) is 0 Å². The highest BCUT2D eigenvalue weighted by Crippen LogP contribution is 2.32. The van der Waals surface area contributed by atoms with E-state index in [-0.39, 0.29) is 6.54 Å². The number of carbonyl (C=O) groups is 1. The average Bonchev–Trinajstić information content (AvgIpc) is 2.52. The van der Waals surface area contributed by atoms with E-state index in [9.17, 15) is 31.1 Å². The third-order valence-electron chi connectivity index (χ3n) is 4.07. The van der Waals surface area contributed by atoms with Gasteiger partial charge in [-0.1, -0.05) is 6.07 Å². The Morgan fingerprint density at radius 3 is 2.44 bits per heavy atom. The second kappa shape index (κ2) is 7.63. The molecule has 0 aliphatic carbocycles. The van der Waals surface area contributed by atoms with Crippen molar-refractivity contribution in [1.82, 2.24) is 10.2 Å². The molecule has 1 aromatic carbocycles. The summed E-state index contributed by atoms with van der Waals surface area (Å²) in [6.07, 6.45) is -7.73. The van der Waals surface area contributed by atoms with Gasteiger partial charge in [-0.25, -0.2) is 0 Å². The van der Waals surface area contributed by atoms with Crippen LogP contribution >= 0.6 is 0 Å². The summed E-state index contributed by atoms with van der Waals surface area (Å²) < 4.78 is 74.1. The first kappa shape index (κ1) is 19.6. The molecule has 0 radical (unpaired) electrons. The predicted molar refractivity (Wildman–Crippen MR) is 78.7 cm³/mol. The third kappa shape index (κ3) is 5.62. The molecule has 2 rings (SSSR count). The van der Waals surface area contributed by atoms with Crippen LogP contribution in [0.25, 0.3) is 0 Å². The molecule has 0 saturated carbocycles. The summed E-state index contributed by atoms with van der Waals surface area (Å²) in [5, 5.41) is 1.81. The Morgan fingerprint density at radius 2 is 1.80 bits per heavy atom. The molecule has 3 nitrogen and oxygen atoms in total. The predicted octanol–water partition coefficient (Wildman–Crippen LogP) is 3.52. The molecule has 1 heterocycles. The van der Waals surface area contributed by atoms with Crippen molar-refractivity contribution < 1.29 is 31.1 Å². The molecule has 1 N–H and O–H groups in total. The number of alkyl halides is 6. The lowest BCUT2D eigenvalue weighted by atomic mass is 9.97. The minimum atomic E-state index is -4.87. The van der Waals surface area contributed by atoms with Crippen molar-refractivity contribution in [3.8, 4) is 0 Å². The van der Waals surface area contributed by atoms with Crippen LogP contribution in [-0.2, 0) is 23.9 Å². The molecular formula is C16H18F6N2O. The largest absolute Gasteiger partial charge is 0.471 e. The van der Waals surface area contributed by atoms with E-state index in [0.29, 0.717) is 44.5 Å². The van der Waals surface area contributed by atoms with E-state index in [1.165, 1.54) is 12.1 Å². The van der Waals surface area contributed by atoms with E-state index >= 15 is 0 Å². The maximum atomic E-state index is 12.7. The molecule has 0 atom stereocenters. The standard InChI is InChI=1S/C16H18F6N2O/c17-15(18,19)13-4-3-12-10-24(8-5-11(12)9-13)7-2-1-6-23-14(25)16(20,21)22/h3-4,9H,1-2,5-8,10H2,(H,23,25). The van der Waals surface area contributed by atoms with Crippen LogP contribution in [0.5, 0.6) is 0 Å². The van der Waals surface area contributed by atoms with Gasteiger partial charge in [0.05, 0.1) is 5.56 Å². The van der Waals surface area contributed by atoms with Gasteiger partial charge in [0.25, 0.3) is 0 Å². The molecule has 0 unspecified atom stereocenters. The molecule has 1 amide bonds. The second-order valence-corrected chi connectivity index (χ2v) is 5.97. The van der Waals surface area contributed by atoms with Crippen LogP contribution < -0.4 is 5.32 Å². The summed E-state index contributed by atoms with van der Waals surface area (Å²) in [6.45, 7) is 1.67. The molecule has 1 aliphatic rings. The summed E-state index contributed by atoms with van der Waals surface area (Å²) in [5.74, 6) is -1.94. The van der Waals surface area contributed by atoms with Crippen molar-refractivity contribution in [2.24, 2.45) is 0 Å². The number of amides is 1. The highest BCUT2D eigenvalue weighted by Gasteiger charge is 2.38. The Labute approximate surface area is 141 Å². The summed E-state index contributed by atoms with van der Waals surface area (Å²) in [5.41, 5.74) is 0.869. The van der Waals surface area contributed by atoms with E-state index in [2.05, 4.69) is 0 Å². The number of nitrogens with zero attached hydrogens (tertiary/aromatic N) is 1. The molecule has 25 heavy (non-hydrogen) atoms. The van der Waals surface area contributed by atoms with Gasteiger partial charge in [-0.2, -0.15) is 26.3 Å². The zero-order valence-electron chi connectivity index (χ0n) is 13.3. The minimum absolute atomic E-state index is 0.0578. The van der Waals surface area contributed by atoms with E-state index < -0.39 is 23.8 Å². The monoisotopic (exact) mass is 368 g/mol. The van der Waals surface area contributed by atoms with Crippen LogP contribution in [0.2, 0.25) is 0 Å². The van der Waals surface area contributed by atoms with Gasteiger partial charge >= 0.3 is 18.3 Å². The van der Waals surface area contributed by atoms with Gasteiger partial charge in [-0.3, -0.25) is 9.69 Å². The highest BCUT2D eigenvalue weighted by molar-refractivity contribution is 5.81. The Morgan fingerprint density at radius 1 is 1.08 bits per heavy atom. The number of benzene rings is 1. The van der Waals surface area contributed by atoms with Crippen LogP contribution in [0.4, 0.5) is 26.3 Å². The van der Waals surface area contributed by atoms with Gasteiger partial charge in [-0.15, -0.1) is 0 Å². The third-order valence-corrected chi connectivity index (χ3v) is 4.07. The summed E-state index contributed by atoms with van der Waals surface area (Å²) >= 11 is 0. The van der Waals surface area contributed by atoms with Gasteiger partial charge in [0.1, 0.15) is 0 Å². The molecule has 0 bridgehead atoms. The quantitative estimate of drug-likeness (QED) is 0.637. The van der Waals surface area contributed by atoms with Gasteiger partial charge in [0.2, 0.25) is 0 Å². The second-order valence-electron chi connectivity index (χ2n) is 5.97. The fraction of sp³-hybridized carbons (Fsp3) is 0.562. The number of hydrogen-bond donors (Lipinski definition) is 1. The first-order valence-corrected chi connectivity index (χ1v) is 7.84. The lowest BCUT2D eigenvalue weighted by Crippen LogP contribution is -2.37. The van der Waals surface area contributed by atoms with Crippen LogP contribution in [0.3, 0.4) is 0 Å². The Balaban J connectivity index is 1.75. The number of hydrogen-bond acceptors (Lipinski definition) is 2. The Bertz CT molecular complexity index is 612. The Hall–Kier alpha value is -1.77. The van der Waals surface area contributed by atoms with Crippen LogP contribution in [-0.4, -0.2) is 36.6 Å². The zero-order valence-corrected chi connectivity index (χ0v) is 13.3. The van der Waals surface area contributed by atoms with Gasteiger partial charge in [0, 0.05) is 19.6 Å². The number of unbranched alkanes of at least 4 members (excludes halogenated alkanes) is 1. The number of carbonyl (C=O) groups excluding carboxylic acids is 1. The molecule has 140 valence electrons.